The predicted molar refractivity (Wildman–Crippen MR) is 99.9 cm³/mol. The molecule has 5 heteroatoms. The van der Waals surface area contributed by atoms with E-state index in [1.807, 2.05) is 48.5 Å². The van der Waals surface area contributed by atoms with Gasteiger partial charge < -0.3 is 9.47 Å². The summed E-state index contributed by atoms with van der Waals surface area (Å²) in [6, 6.07) is 16.9. The second kappa shape index (κ2) is 7.58. The fraction of sp³-hybridized carbons (Fsp3) is 0.227. The Labute approximate surface area is 156 Å². The van der Waals surface area contributed by atoms with Crippen LogP contribution < -0.4 is 0 Å². The summed E-state index contributed by atoms with van der Waals surface area (Å²) in [5.41, 5.74) is 1.45. The monoisotopic (exact) mass is 361 g/mol. The summed E-state index contributed by atoms with van der Waals surface area (Å²) in [5, 5.41) is 1.71. The van der Waals surface area contributed by atoms with Gasteiger partial charge in [0.1, 0.15) is 12.7 Å². The lowest BCUT2D eigenvalue weighted by Crippen LogP contribution is -2.38. The fourth-order valence-electron chi connectivity index (χ4n) is 3.21. The highest BCUT2D eigenvalue weighted by molar-refractivity contribution is 6.04. The van der Waals surface area contributed by atoms with Crippen LogP contribution in [0.4, 0.5) is 0 Å². The Hall–Kier alpha value is -3.21. The maximum atomic E-state index is 12.5. The van der Waals surface area contributed by atoms with Crippen LogP contribution in [-0.2, 0) is 20.9 Å². The minimum atomic E-state index is -0.380. The smallest absolute Gasteiger partial charge is 0.339 e. The number of carbonyl (C=O) groups is 2. The van der Waals surface area contributed by atoms with Gasteiger partial charge in [0, 0.05) is 17.8 Å². The van der Waals surface area contributed by atoms with E-state index in [-0.39, 0.29) is 30.6 Å². The molecule has 0 atom stereocenters. The first-order chi connectivity index (χ1) is 13.2. The maximum absolute atomic E-state index is 12.5. The second-order valence-corrected chi connectivity index (χ2v) is 6.69. The van der Waals surface area contributed by atoms with Crippen LogP contribution in [0, 0.1) is 5.92 Å². The van der Waals surface area contributed by atoms with Crippen LogP contribution in [0.3, 0.4) is 0 Å². The number of fused-ring (bicyclic) bond motifs is 1. The molecule has 0 radical (unpaired) electrons. The lowest BCUT2D eigenvalue weighted by Gasteiger charge is -2.32. The lowest BCUT2D eigenvalue weighted by molar-refractivity contribution is -0.157. The third kappa shape index (κ3) is 3.82. The van der Waals surface area contributed by atoms with Crippen LogP contribution in [0.2, 0.25) is 0 Å². The molecule has 0 saturated heterocycles. The highest BCUT2D eigenvalue weighted by Gasteiger charge is 2.38. The molecule has 1 aliphatic rings. The third-order valence-corrected chi connectivity index (χ3v) is 4.83. The van der Waals surface area contributed by atoms with Gasteiger partial charge in [-0.3, -0.25) is 9.78 Å². The average molecular weight is 361 g/mol. The van der Waals surface area contributed by atoms with Gasteiger partial charge in [0.2, 0.25) is 0 Å². The Bertz CT molecular complexity index is 959. The van der Waals surface area contributed by atoms with Crippen LogP contribution in [0.5, 0.6) is 0 Å². The molecule has 2 aromatic carbocycles. The number of esters is 2. The van der Waals surface area contributed by atoms with Crippen molar-refractivity contribution in [1.29, 1.82) is 0 Å². The number of carbonyl (C=O) groups excluding carboxylic acids is 2. The molecule has 1 aliphatic carbocycles. The number of aromatic nitrogens is 1. The van der Waals surface area contributed by atoms with Crippen molar-refractivity contribution >= 4 is 22.7 Å². The zero-order valence-electron chi connectivity index (χ0n) is 14.7. The van der Waals surface area contributed by atoms with E-state index in [2.05, 4.69) is 4.98 Å². The van der Waals surface area contributed by atoms with E-state index in [9.17, 15) is 9.59 Å². The van der Waals surface area contributed by atoms with Gasteiger partial charge >= 0.3 is 11.9 Å². The molecule has 0 spiro atoms. The first kappa shape index (κ1) is 17.2. The fourth-order valence-corrected chi connectivity index (χ4v) is 3.21. The van der Waals surface area contributed by atoms with Crippen molar-refractivity contribution in [3.05, 3.63) is 78.1 Å². The molecular weight excluding hydrogens is 342 g/mol. The van der Waals surface area contributed by atoms with Crippen LogP contribution in [0.15, 0.2) is 67.0 Å². The molecule has 4 rings (SSSR count). The molecule has 1 fully saturated rings. The number of rotatable bonds is 5. The van der Waals surface area contributed by atoms with Gasteiger partial charge in [-0.1, -0.05) is 42.5 Å². The highest BCUT2D eigenvalue weighted by atomic mass is 16.6. The maximum Gasteiger partial charge on any atom is 0.339 e. The number of hydrogen-bond donors (Lipinski definition) is 0. The van der Waals surface area contributed by atoms with Crippen molar-refractivity contribution in [2.45, 2.75) is 25.6 Å². The topological polar surface area (TPSA) is 65.5 Å². The minimum Gasteiger partial charge on any atom is -0.461 e. The Kier molecular flexibility index (Phi) is 4.83. The van der Waals surface area contributed by atoms with Crippen LogP contribution in [-0.4, -0.2) is 23.0 Å². The predicted octanol–water partition coefficient (Wildman–Crippen LogP) is 3.91. The van der Waals surface area contributed by atoms with Gasteiger partial charge in [-0.25, -0.2) is 4.79 Å². The normalized spacial score (nSPS) is 18.5. The van der Waals surface area contributed by atoms with Crippen molar-refractivity contribution < 1.29 is 19.1 Å². The summed E-state index contributed by atoms with van der Waals surface area (Å²) in [4.78, 5) is 28.7. The van der Waals surface area contributed by atoms with Crippen molar-refractivity contribution in [1.82, 2.24) is 4.98 Å². The standard InChI is InChI=1S/C22H19NO4/c24-21(26-14-15-5-2-1-3-6-15)17-11-18(12-17)27-22(25)19-8-4-7-16-9-10-23-13-20(16)19/h1-10,13,17-18H,11-12,14H2. The minimum absolute atomic E-state index is 0.208. The van der Waals surface area contributed by atoms with Crippen LogP contribution >= 0.6 is 0 Å². The summed E-state index contributed by atoms with van der Waals surface area (Å²) in [6.07, 6.45) is 4.11. The number of ether oxygens (including phenoxy) is 2. The van der Waals surface area contributed by atoms with E-state index in [1.54, 1.807) is 18.5 Å². The van der Waals surface area contributed by atoms with E-state index in [4.69, 9.17) is 9.47 Å². The number of pyridine rings is 1. The number of hydrogen-bond acceptors (Lipinski definition) is 5. The summed E-state index contributed by atoms with van der Waals surface area (Å²) < 4.78 is 10.9. The molecule has 136 valence electrons. The van der Waals surface area contributed by atoms with Crippen molar-refractivity contribution in [3.8, 4) is 0 Å². The van der Waals surface area contributed by atoms with Gasteiger partial charge in [0.05, 0.1) is 11.5 Å². The van der Waals surface area contributed by atoms with Gasteiger partial charge in [0.15, 0.2) is 0 Å². The van der Waals surface area contributed by atoms with Gasteiger partial charge in [-0.2, -0.15) is 0 Å². The van der Waals surface area contributed by atoms with E-state index in [0.717, 1.165) is 16.3 Å². The summed E-state index contributed by atoms with van der Waals surface area (Å²) in [5.74, 6) is -0.823. The van der Waals surface area contributed by atoms with Crippen molar-refractivity contribution in [2.75, 3.05) is 0 Å². The Morgan fingerprint density at radius 3 is 2.63 bits per heavy atom. The third-order valence-electron chi connectivity index (χ3n) is 4.83. The largest absolute Gasteiger partial charge is 0.461 e. The first-order valence-corrected chi connectivity index (χ1v) is 8.95. The molecule has 27 heavy (non-hydrogen) atoms. The molecule has 0 N–H and O–H groups in total. The molecule has 0 unspecified atom stereocenters. The second-order valence-electron chi connectivity index (χ2n) is 6.69. The molecule has 5 nitrogen and oxygen atoms in total. The number of nitrogens with zero attached hydrogens (tertiary/aromatic N) is 1. The molecule has 0 aliphatic heterocycles. The SMILES string of the molecule is O=C(OC1CC(C(=O)OCc2ccccc2)C1)c1cccc2ccncc12. The van der Waals surface area contributed by atoms with E-state index in [1.165, 1.54) is 0 Å². The molecular formula is C22H19NO4. The molecule has 1 aromatic heterocycles. The highest BCUT2D eigenvalue weighted by Crippen LogP contribution is 2.32. The summed E-state index contributed by atoms with van der Waals surface area (Å²) >= 11 is 0. The molecule has 3 aromatic rings. The summed E-state index contributed by atoms with van der Waals surface area (Å²) in [7, 11) is 0. The van der Waals surface area contributed by atoms with Gasteiger partial charge in [0.25, 0.3) is 0 Å². The van der Waals surface area contributed by atoms with E-state index in [0.29, 0.717) is 18.4 Å². The van der Waals surface area contributed by atoms with Crippen LogP contribution in [0.25, 0.3) is 10.8 Å². The Balaban J connectivity index is 1.29. The number of benzene rings is 2. The quantitative estimate of drug-likeness (QED) is 0.645. The lowest BCUT2D eigenvalue weighted by atomic mass is 9.82. The van der Waals surface area contributed by atoms with Gasteiger partial charge in [-0.05, 0) is 35.9 Å². The molecule has 1 saturated carbocycles. The Morgan fingerprint density at radius 2 is 1.81 bits per heavy atom. The molecule has 1 heterocycles. The van der Waals surface area contributed by atoms with Crippen molar-refractivity contribution in [3.63, 3.8) is 0 Å². The van der Waals surface area contributed by atoms with Crippen molar-refractivity contribution in [2.24, 2.45) is 5.92 Å². The molecule has 0 bridgehead atoms. The zero-order valence-corrected chi connectivity index (χ0v) is 14.7. The van der Waals surface area contributed by atoms with Crippen LogP contribution in [0.1, 0.15) is 28.8 Å². The average Bonchev–Trinajstić information content (AvgIpc) is 2.68. The van der Waals surface area contributed by atoms with E-state index >= 15 is 0 Å². The zero-order chi connectivity index (χ0) is 18.6. The Morgan fingerprint density at radius 1 is 1.00 bits per heavy atom. The van der Waals surface area contributed by atoms with Gasteiger partial charge in [-0.15, -0.1) is 0 Å². The summed E-state index contributed by atoms with van der Waals surface area (Å²) in [6.45, 7) is 0.267. The first-order valence-electron chi connectivity index (χ1n) is 8.95. The molecule has 0 amide bonds. The van der Waals surface area contributed by atoms with E-state index < -0.39 is 0 Å².